The molecule has 0 aliphatic heterocycles. The number of benzene rings is 1. The smallest absolute Gasteiger partial charge is 0.335 e. The first-order chi connectivity index (χ1) is 9.90. The van der Waals surface area contributed by atoms with Crippen LogP contribution < -0.4 is 5.32 Å². The van der Waals surface area contributed by atoms with E-state index in [9.17, 15) is 9.59 Å². The van der Waals surface area contributed by atoms with E-state index in [1.807, 2.05) is 13.8 Å². The lowest BCUT2D eigenvalue weighted by Crippen LogP contribution is -2.17. The summed E-state index contributed by atoms with van der Waals surface area (Å²) in [4.78, 5) is 23.3. The highest BCUT2D eigenvalue weighted by atomic mass is 79.9. The molecule has 110 valence electrons. The molecule has 0 fully saturated rings. The van der Waals surface area contributed by atoms with Crippen LogP contribution >= 0.6 is 15.9 Å². The summed E-state index contributed by atoms with van der Waals surface area (Å²) < 4.78 is 2.18. The fourth-order valence-corrected chi connectivity index (χ4v) is 2.44. The molecule has 0 saturated carbocycles. The third kappa shape index (κ3) is 3.49. The maximum absolute atomic E-state index is 12.3. The Hall–Kier alpha value is -2.15. The van der Waals surface area contributed by atoms with Crippen molar-refractivity contribution in [1.82, 2.24) is 9.78 Å². The molecule has 0 atom stereocenters. The van der Waals surface area contributed by atoms with Gasteiger partial charge in [0.2, 0.25) is 0 Å². The molecule has 0 aliphatic carbocycles. The number of hydrogen-bond acceptors (Lipinski definition) is 3. The topological polar surface area (TPSA) is 84.2 Å². The molecule has 1 heterocycles. The summed E-state index contributed by atoms with van der Waals surface area (Å²) >= 11 is 3.23. The van der Waals surface area contributed by atoms with Crippen molar-refractivity contribution in [2.75, 3.05) is 5.32 Å². The summed E-state index contributed by atoms with van der Waals surface area (Å²) in [5.74, 6) is -1.38. The van der Waals surface area contributed by atoms with Gasteiger partial charge in [0.15, 0.2) is 0 Å². The largest absolute Gasteiger partial charge is 0.478 e. The first-order valence-corrected chi connectivity index (χ1v) is 7.09. The Bertz CT molecular complexity index is 709. The fourth-order valence-electron chi connectivity index (χ4n) is 1.95. The number of carboxylic acids is 1. The molecular weight excluding hydrogens is 338 g/mol. The number of aryl methyl sites for hydroxylation is 2. The van der Waals surface area contributed by atoms with Gasteiger partial charge >= 0.3 is 5.97 Å². The number of nitrogens with one attached hydrogen (secondary N) is 1. The van der Waals surface area contributed by atoms with Crippen molar-refractivity contribution in [3.63, 3.8) is 0 Å². The molecule has 2 N–H and O–H groups in total. The van der Waals surface area contributed by atoms with Gasteiger partial charge in [-0.2, -0.15) is 5.10 Å². The van der Waals surface area contributed by atoms with Gasteiger partial charge in [-0.1, -0.05) is 15.9 Å². The Kier molecular flexibility index (Phi) is 4.42. The van der Waals surface area contributed by atoms with E-state index in [0.717, 1.165) is 5.69 Å². The van der Waals surface area contributed by atoms with Gasteiger partial charge in [0, 0.05) is 16.7 Å². The Morgan fingerprint density at radius 2 is 2.05 bits per heavy atom. The highest BCUT2D eigenvalue weighted by molar-refractivity contribution is 9.10. The van der Waals surface area contributed by atoms with Gasteiger partial charge in [-0.25, -0.2) is 4.79 Å². The highest BCUT2D eigenvalue weighted by Gasteiger charge is 2.14. The summed E-state index contributed by atoms with van der Waals surface area (Å²) in [5, 5.41) is 15.9. The standard InChI is InChI=1S/C14H14BrN3O3/c1-3-18-12(4-8(2)17-18)13(19)16-11-6-9(14(20)21)5-10(15)7-11/h4-7H,3H2,1-2H3,(H,16,19)(H,20,21). The van der Waals surface area contributed by atoms with Gasteiger partial charge in [-0.15, -0.1) is 0 Å². The maximum atomic E-state index is 12.3. The van der Waals surface area contributed by atoms with E-state index in [1.165, 1.54) is 12.1 Å². The zero-order chi connectivity index (χ0) is 15.6. The first kappa shape index (κ1) is 15.2. The fraction of sp³-hybridized carbons (Fsp3) is 0.214. The van der Waals surface area contributed by atoms with Crippen molar-refractivity contribution in [3.05, 3.63) is 45.7 Å². The Balaban J connectivity index is 2.29. The number of aromatic carboxylic acids is 1. The molecule has 7 heteroatoms. The van der Waals surface area contributed by atoms with Crippen LogP contribution in [0.3, 0.4) is 0 Å². The van der Waals surface area contributed by atoms with Crippen molar-refractivity contribution >= 4 is 33.5 Å². The molecule has 0 saturated heterocycles. The molecule has 1 aromatic carbocycles. The minimum absolute atomic E-state index is 0.0971. The second-order valence-electron chi connectivity index (χ2n) is 4.47. The summed E-state index contributed by atoms with van der Waals surface area (Å²) in [6, 6.07) is 6.21. The summed E-state index contributed by atoms with van der Waals surface area (Å²) in [6.45, 7) is 4.28. The monoisotopic (exact) mass is 351 g/mol. The SMILES string of the molecule is CCn1nc(C)cc1C(=O)Nc1cc(Br)cc(C(=O)O)c1. The number of nitrogens with zero attached hydrogens (tertiary/aromatic N) is 2. The Morgan fingerprint density at radius 3 is 2.67 bits per heavy atom. The predicted molar refractivity (Wildman–Crippen MR) is 81.7 cm³/mol. The number of rotatable bonds is 4. The van der Waals surface area contributed by atoms with Gasteiger partial charge in [0.1, 0.15) is 5.69 Å². The second kappa shape index (κ2) is 6.09. The zero-order valence-corrected chi connectivity index (χ0v) is 13.1. The van der Waals surface area contributed by atoms with E-state index in [-0.39, 0.29) is 11.5 Å². The highest BCUT2D eigenvalue weighted by Crippen LogP contribution is 2.20. The van der Waals surface area contributed by atoms with E-state index >= 15 is 0 Å². The molecule has 2 aromatic rings. The van der Waals surface area contributed by atoms with E-state index < -0.39 is 5.97 Å². The normalized spacial score (nSPS) is 10.4. The van der Waals surface area contributed by atoms with Gasteiger partial charge in [-0.3, -0.25) is 9.48 Å². The van der Waals surface area contributed by atoms with Crippen molar-refractivity contribution < 1.29 is 14.7 Å². The van der Waals surface area contributed by atoms with E-state index in [4.69, 9.17) is 5.11 Å². The average Bonchev–Trinajstić information content (AvgIpc) is 2.79. The average molecular weight is 352 g/mol. The van der Waals surface area contributed by atoms with Crippen molar-refractivity contribution in [2.24, 2.45) is 0 Å². The minimum atomic E-state index is -1.05. The number of anilines is 1. The predicted octanol–water partition coefficient (Wildman–Crippen LogP) is 2.92. The Morgan fingerprint density at radius 1 is 1.33 bits per heavy atom. The molecule has 6 nitrogen and oxygen atoms in total. The van der Waals surface area contributed by atoms with Crippen LogP contribution in [0.4, 0.5) is 5.69 Å². The number of amides is 1. The van der Waals surface area contributed by atoms with Crippen molar-refractivity contribution in [3.8, 4) is 0 Å². The van der Waals surface area contributed by atoms with E-state index in [2.05, 4.69) is 26.3 Å². The van der Waals surface area contributed by atoms with Gasteiger partial charge < -0.3 is 10.4 Å². The number of carboxylic acid groups (broad SMARTS) is 1. The lowest BCUT2D eigenvalue weighted by atomic mass is 10.2. The molecule has 0 bridgehead atoms. The van der Waals surface area contributed by atoms with Crippen LogP contribution in [0.5, 0.6) is 0 Å². The van der Waals surface area contributed by atoms with Crippen LogP contribution in [0, 0.1) is 6.92 Å². The molecule has 0 unspecified atom stereocenters. The molecule has 0 radical (unpaired) electrons. The second-order valence-corrected chi connectivity index (χ2v) is 5.39. The van der Waals surface area contributed by atoms with Crippen LogP contribution in [0.2, 0.25) is 0 Å². The molecule has 0 spiro atoms. The first-order valence-electron chi connectivity index (χ1n) is 6.30. The lowest BCUT2D eigenvalue weighted by Gasteiger charge is -2.08. The number of carbonyl (C=O) groups is 2. The number of hydrogen-bond donors (Lipinski definition) is 2. The Labute approximate surface area is 129 Å². The van der Waals surface area contributed by atoms with Crippen molar-refractivity contribution in [2.45, 2.75) is 20.4 Å². The third-order valence-electron chi connectivity index (χ3n) is 2.84. The summed E-state index contributed by atoms with van der Waals surface area (Å²) in [6.07, 6.45) is 0. The van der Waals surface area contributed by atoms with Crippen LogP contribution in [-0.2, 0) is 6.54 Å². The summed E-state index contributed by atoms with van der Waals surface area (Å²) in [5.41, 5.74) is 1.70. The number of aromatic nitrogens is 2. The van der Waals surface area contributed by atoms with Crippen LogP contribution in [-0.4, -0.2) is 26.8 Å². The van der Waals surface area contributed by atoms with E-state index in [1.54, 1.807) is 16.8 Å². The lowest BCUT2D eigenvalue weighted by molar-refractivity contribution is 0.0696. The molecule has 2 rings (SSSR count). The quantitative estimate of drug-likeness (QED) is 0.886. The van der Waals surface area contributed by atoms with Crippen LogP contribution in [0.25, 0.3) is 0 Å². The molecule has 1 amide bonds. The van der Waals surface area contributed by atoms with E-state index in [0.29, 0.717) is 22.4 Å². The van der Waals surface area contributed by atoms with Crippen LogP contribution in [0.1, 0.15) is 33.5 Å². The minimum Gasteiger partial charge on any atom is -0.478 e. The summed E-state index contributed by atoms with van der Waals surface area (Å²) in [7, 11) is 0. The third-order valence-corrected chi connectivity index (χ3v) is 3.29. The zero-order valence-electron chi connectivity index (χ0n) is 11.6. The number of carbonyl (C=O) groups excluding carboxylic acids is 1. The molecule has 0 aliphatic rings. The molecular formula is C14H14BrN3O3. The molecule has 1 aromatic heterocycles. The number of halogens is 1. The van der Waals surface area contributed by atoms with Crippen LogP contribution in [0.15, 0.2) is 28.7 Å². The van der Waals surface area contributed by atoms with Crippen molar-refractivity contribution in [1.29, 1.82) is 0 Å². The molecule has 21 heavy (non-hydrogen) atoms. The van der Waals surface area contributed by atoms with Gasteiger partial charge in [0.05, 0.1) is 11.3 Å². The van der Waals surface area contributed by atoms with Gasteiger partial charge in [0.25, 0.3) is 5.91 Å². The maximum Gasteiger partial charge on any atom is 0.335 e. The van der Waals surface area contributed by atoms with Gasteiger partial charge in [-0.05, 0) is 38.1 Å².